The molecular formula is C15H23NO4S2. The van der Waals surface area contributed by atoms with Crippen molar-refractivity contribution in [2.45, 2.75) is 43.7 Å². The minimum Gasteiger partial charge on any atom is -0.481 e. The van der Waals surface area contributed by atoms with Gasteiger partial charge in [-0.1, -0.05) is 27.7 Å². The summed E-state index contributed by atoms with van der Waals surface area (Å²) in [4.78, 5) is 12.2. The molecule has 1 aliphatic heterocycles. The van der Waals surface area contributed by atoms with Crippen LogP contribution in [0.1, 0.15) is 39.0 Å². The molecule has 22 heavy (non-hydrogen) atoms. The third kappa shape index (κ3) is 3.52. The molecule has 2 atom stereocenters. The summed E-state index contributed by atoms with van der Waals surface area (Å²) >= 11 is 1.27. The Balaban J connectivity index is 2.29. The van der Waals surface area contributed by atoms with Crippen LogP contribution in [0.4, 0.5) is 0 Å². The van der Waals surface area contributed by atoms with E-state index in [2.05, 4.69) is 0 Å². The Bertz CT molecular complexity index is 657. The number of hydrogen-bond donors (Lipinski definition) is 1. The molecule has 1 N–H and O–H groups in total. The molecule has 0 bridgehead atoms. The van der Waals surface area contributed by atoms with E-state index < -0.39 is 21.9 Å². The Morgan fingerprint density at radius 2 is 1.95 bits per heavy atom. The Morgan fingerprint density at radius 1 is 1.32 bits per heavy atom. The van der Waals surface area contributed by atoms with Crippen LogP contribution in [0.3, 0.4) is 0 Å². The van der Waals surface area contributed by atoms with E-state index in [-0.39, 0.29) is 17.9 Å². The molecule has 0 aliphatic carbocycles. The SMILES string of the molecule is CC1CC(C(=O)O)CN(S(=O)(=O)c2ccc(C(C)(C)C)s2)C1. The lowest BCUT2D eigenvalue weighted by Gasteiger charge is -2.33. The minimum atomic E-state index is -3.61. The molecule has 0 aromatic carbocycles. The van der Waals surface area contributed by atoms with E-state index in [9.17, 15) is 18.3 Å². The highest BCUT2D eigenvalue weighted by atomic mass is 32.2. The maximum absolute atomic E-state index is 12.8. The number of carboxylic acids is 1. The molecule has 1 aromatic rings. The van der Waals surface area contributed by atoms with Crippen LogP contribution in [0.25, 0.3) is 0 Å². The van der Waals surface area contributed by atoms with Crippen molar-refractivity contribution in [2.24, 2.45) is 11.8 Å². The lowest BCUT2D eigenvalue weighted by atomic mass is 9.92. The van der Waals surface area contributed by atoms with Gasteiger partial charge in [-0.05, 0) is 29.9 Å². The average molecular weight is 345 g/mol. The van der Waals surface area contributed by atoms with Gasteiger partial charge < -0.3 is 5.11 Å². The van der Waals surface area contributed by atoms with Gasteiger partial charge in [-0.3, -0.25) is 4.79 Å². The molecule has 5 nitrogen and oxygen atoms in total. The second-order valence-electron chi connectivity index (χ2n) is 7.07. The number of carbonyl (C=O) groups is 1. The maximum atomic E-state index is 12.8. The van der Waals surface area contributed by atoms with Gasteiger partial charge in [0.25, 0.3) is 10.0 Å². The van der Waals surface area contributed by atoms with Crippen LogP contribution in [0.5, 0.6) is 0 Å². The van der Waals surface area contributed by atoms with Crippen molar-refractivity contribution < 1.29 is 18.3 Å². The molecule has 0 spiro atoms. The zero-order valence-electron chi connectivity index (χ0n) is 13.4. The van der Waals surface area contributed by atoms with Crippen LogP contribution >= 0.6 is 11.3 Å². The van der Waals surface area contributed by atoms with Gasteiger partial charge in [0.1, 0.15) is 4.21 Å². The van der Waals surface area contributed by atoms with Crippen molar-refractivity contribution in [1.82, 2.24) is 4.31 Å². The first-order chi connectivity index (χ1) is 10.0. The fraction of sp³-hybridized carbons (Fsp3) is 0.667. The van der Waals surface area contributed by atoms with Gasteiger partial charge in [-0.2, -0.15) is 4.31 Å². The van der Waals surface area contributed by atoms with Crippen LogP contribution < -0.4 is 0 Å². The predicted octanol–water partition coefficient (Wildman–Crippen LogP) is 2.78. The summed E-state index contributed by atoms with van der Waals surface area (Å²) in [5.74, 6) is -1.50. The van der Waals surface area contributed by atoms with E-state index in [0.29, 0.717) is 17.2 Å². The van der Waals surface area contributed by atoms with Crippen LogP contribution in [0.2, 0.25) is 0 Å². The first-order valence-electron chi connectivity index (χ1n) is 7.35. The van der Waals surface area contributed by atoms with Crippen LogP contribution in [-0.4, -0.2) is 36.9 Å². The number of piperidine rings is 1. The standard InChI is InChI=1S/C15H23NO4S2/c1-10-7-11(14(17)18)9-16(8-10)22(19,20)13-6-5-12(21-13)15(2,3)4/h5-6,10-11H,7-9H2,1-4H3,(H,17,18). The van der Waals surface area contributed by atoms with Crippen molar-refractivity contribution in [3.63, 3.8) is 0 Å². The number of carboxylic acid groups (broad SMARTS) is 1. The highest BCUT2D eigenvalue weighted by Gasteiger charge is 2.37. The molecule has 1 aromatic heterocycles. The van der Waals surface area contributed by atoms with Crippen molar-refractivity contribution in [2.75, 3.05) is 13.1 Å². The number of rotatable bonds is 3. The Morgan fingerprint density at radius 3 is 2.45 bits per heavy atom. The fourth-order valence-electron chi connectivity index (χ4n) is 2.67. The third-order valence-electron chi connectivity index (χ3n) is 3.89. The van der Waals surface area contributed by atoms with Gasteiger partial charge >= 0.3 is 5.97 Å². The Labute approximate surface area is 136 Å². The number of hydrogen-bond acceptors (Lipinski definition) is 4. The number of nitrogens with zero attached hydrogens (tertiary/aromatic N) is 1. The number of sulfonamides is 1. The Kier molecular flexibility index (Phi) is 4.71. The summed E-state index contributed by atoms with van der Waals surface area (Å²) in [6.07, 6.45) is 0.527. The fourth-order valence-corrected chi connectivity index (χ4v) is 5.79. The van der Waals surface area contributed by atoms with Gasteiger partial charge in [0.2, 0.25) is 0 Å². The van der Waals surface area contributed by atoms with E-state index in [0.717, 1.165) is 4.88 Å². The van der Waals surface area contributed by atoms with Crippen molar-refractivity contribution in [1.29, 1.82) is 0 Å². The Hall–Kier alpha value is -0.920. The van der Waals surface area contributed by atoms with Crippen LogP contribution in [-0.2, 0) is 20.2 Å². The van der Waals surface area contributed by atoms with Gasteiger partial charge in [-0.15, -0.1) is 11.3 Å². The van der Waals surface area contributed by atoms with Gasteiger partial charge in [0.05, 0.1) is 5.92 Å². The first-order valence-corrected chi connectivity index (χ1v) is 9.60. The van der Waals surface area contributed by atoms with Crippen molar-refractivity contribution in [3.8, 4) is 0 Å². The zero-order chi connectivity index (χ0) is 16.7. The average Bonchev–Trinajstić information content (AvgIpc) is 2.87. The van der Waals surface area contributed by atoms with Crippen LogP contribution in [0, 0.1) is 11.8 Å². The molecule has 2 unspecified atom stereocenters. The summed E-state index contributed by atoms with van der Waals surface area (Å²) < 4.78 is 27.2. The van der Waals surface area contributed by atoms with Gasteiger partial charge in [0, 0.05) is 18.0 Å². The normalized spacial score (nSPS) is 24.4. The lowest BCUT2D eigenvalue weighted by molar-refractivity contribution is -0.143. The van der Waals surface area contributed by atoms with Crippen molar-refractivity contribution in [3.05, 3.63) is 17.0 Å². The quantitative estimate of drug-likeness (QED) is 0.914. The van der Waals surface area contributed by atoms with E-state index >= 15 is 0 Å². The van der Waals surface area contributed by atoms with E-state index in [1.807, 2.05) is 33.8 Å². The number of thiophene rings is 1. The second kappa shape index (κ2) is 5.94. The molecular weight excluding hydrogens is 322 g/mol. The summed E-state index contributed by atoms with van der Waals surface area (Å²) in [5, 5.41) is 9.20. The smallest absolute Gasteiger partial charge is 0.307 e. The molecule has 2 heterocycles. The number of aliphatic carboxylic acids is 1. The summed E-state index contributed by atoms with van der Waals surface area (Å²) in [5.41, 5.74) is -0.1000. The summed E-state index contributed by atoms with van der Waals surface area (Å²) in [7, 11) is -3.61. The van der Waals surface area contributed by atoms with Gasteiger partial charge in [-0.25, -0.2) is 8.42 Å². The molecule has 1 saturated heterocycles. The zero-order valence-corrected chi connectivity index (χ0v) is 15.0. The predicted molar refractivity (Wildman–Crippen MR) is 86.7 cm³/mol. The van der Waals surface area contributed by atoms with Gasteiger partial charge in [0.15, 0.2) is 0 Å². The minimum absolute atomic E-state index is 0.0478. The molecule has 124 valence electrons. The lowest BCUT2D eigenvalue weighted by Crippen LogP contribution is -2.45. The van der Waals surface area contributed by atoms with E-state index in [4.69, 9.17) is 0 Å². The first kappa shape index (κ1) is 17.4. The van der Waals surface area contributed by atoms with Crippen molar-refractivity contribution >= 4 is 27.3 Å². The molecule has 1 fully saturated rings. The van der Waals surface area contributed by atoms with Crippen LogP contribution in [0.15, 0.2) is 16.3 Å². The van der Waals surface area contributed by atoms with E-state index in [1.165, 1.54) is 15.6 Å². The van der Waals surface area contributed by atoms with E-state index in [1.54, 1.807) is 6.07 Å². The monoisotopic (exact) mass is 345 g/mol. The molecule has 7 heteroatoms. The molecule has 0 radical (unpaired) electrons. The third-order valence-corrected chi connectivity index (χ3v) is 7.70. The second-order valence-corrected chi connectivity index (χ2v) is 10.3. The summed E-state index contributed by atoms with van der Waals surface area (Å²) in [6.45, 7) is 8.46. The molecule has 1 aliphatic rings. The molecule has 0 saturated carbocycles. The topological polar surface area (TPSA) is 74.7 Å². The highest BCUT2D eigenvalue weighted by molar-refractivity contribution is 7.91. The maximum Gasteiger partial charge on any atom is 0.307 e. The highest BCUT2D eigenvalue weighted by Crippen LogP contribution is 2.34. The molecule has 2 rings (SSSR count). The summed E-state index contributed by atoms with van der Waals surface area (Å²) in [6, 6.07) is 3.48. The molecule has 0 amide bonds. The largest absolute Gasteiger partial charge is 0.481 e.